The van der Waals surface area contributed by atoms with E-state index < -0.39 is 0 Å². The molecule has 0 atom stereocenters. The Morgan fingerprint density at radius 3 is 2.57 bits per heavy atom. The Hall–Kier alpha value is -4.24. The van der Waals surface area contributed by atoms with Crippen LogP contribution in [0, 0.1) is 18.4 Å². The molecule has 12 heteroatoms. The summed E-state index contributed by atoms with van der Waals surface area (Å²) in [6, 6.07) is 6.76. The third kappa shape index (κ3) is 4.22. The van der Waals surface area contributed by atoms with Gasteiger partial charge >= 0.3 is 5.69 Å². The molecule has 1 saturated carbocycles. The number of thiazole rings is 1. The molecule has 1 aliphatic carbocycles. The Morgan fingerprint density at radius 2 is 1.91 bits per heavy atom. The van der Waals surface area contributed by atoms with Gasteiger partial charge in [-0.3, -0.25) is 19.2 Å². The van der Waals surface area contributed by atoms with Crippen molar-refractivity contribution in [2.45, 2.75) is 44.7 Å². The molecule has 0 aliphatic heterocycles. The van der Waals surface area contributed by atoms with Crippen LogP contribution in [0.3, 0.4) is 0 Å². The maximum absolute atomic E-state index is 13.7. The van der Waals surface area contributed by atoms with Crippen LogP contribution >= 0.6 is 11.3 Å². The molecule has 0 saturated heterocycles. The number of imidazole rings is 1. The molecule has 35 heavy (non-hydrogen) atoms. The quantitative estimate of drug-likeness (QED) is 0.285. The Kier molecular flexibility index (Phi) is 5.92. The van der Waals surface area contributed by atoms with E-state index in [1.54, 1.807) is 35.0 Å². The van der Waals surface area contributed by atoms with Crippen molar-refractivity contribution in [3.8, 4) is 11.9 Å². The van der Waals surface area contributed by atoms with Crippen LogP contribution in [0.15, 0.2) is 41.6 Å². The van der Waals surface area contributed by atoms with Crippen LogP contribution in [0.2, 0.25) is 0 Å². The van der Waals surface area contributed by atoms with E-state index in [1.807, 2.05) is 13.1 Å². The summed E-state index contributed by atoms with van der Waals surface area (Å²) in [7, 11) is 0. The molecule has 1 aliphatic rings. The first-order valence-corrected chi connectivity index (χ1v) is 12.0. The highest BCUT2D eigenvalue weighted by Gasteiger charge is 2.28. The Balaban J connectivity index is 1.49. The highest BCUT2D eigenvalue weighted by atomic mass is 32.1. The number of nitrogen functional groups attached to an aromatic ring is 1. The average molecular weight is 490 g/mol. The maximum Gasteiger partial charge on any atom is 0.335 e. The van der Waals surface area contributed by atoms with Gasteiger partial charge in [-0.05, 0) is 56.9 Å². The van der Waals surface area contributed by atoms with Crippen molar-refractivity contribution in [3.63, 3.8) is 0 Å². The predicted molar refractivity (Wildman–Crippen MR) is 132 cm³/mol. The summed E-state index contributed by atoms with van der Waals surface area (Å²) in [5.74, 6) is -0.0853. The summed E-state index contributed by atoms with van der Waals surface area (Å²) in [6.07, 6.45) is 8.08. The summed E-state index contributed by atoms with van der Waals surface area (Å²) in [4.78, 5) is 39.9. The second-order valence-electron chi connectivity index (χ2n) is 8.46. The molecule has 178 valence electrons. The summed E-state index contributed by atoms with van der Waals surface area (Å²) in [6.45, 7) is 1.92. The Labute approximate surface area is 204 Å². The van der Waals surface area contributed by atoms with Gasteiger partial charge in [0.25, 0.3) is 5.91 Å². The molecule has 0 spiro atoms. The summed E-state index contributed by atoms with van der Waals surface area (Å²) >= 11 is 1.40. The zero-order valence-electron chi connectivity index (χ0n) is 18.9. The standard InChI is InChI=1S/C23H23N9O2S/c1-13-10-26-22(35-13)30-21(33)14-2-6-16(7-3-14)31-18-19(25)28-12-29-20(18)32(23(31)34)17-8-4-15(5-9-17)27-11-24/h2-3,6-7,10,12,15,17,27H,4-5,8-9H2,1H3,(H2,25,28,29)(H,26,30,33). The fourth-order valence-corrected chi connectivity index (χ4v) is 5.21. The third-order valence-corrected chi connectivity index (χ3v) is 7.07. The zero-order chi connectivity index (χ0) is 24.5. The number of nitriles is 1. The van der Waals surface area contributed by atoms with Gasteiger partial charge in [0.15, 0.2) is 22.8 Å². The van der Waals surface area contributed by atoms with Gasteiger partial charge in [0.1, 0.15) is 11.8 Å². The first kappa shape index (κ1) is 22.5. The topological polar surface area (TPSA) is 157 Å². The number of fused-ring (bicyclic) bond motifs is 1. The van der Waals surface area contributed by atoms with E-state index in [-0.39, 0.29) is 29.5 Å². The number of aryl methyl sites for hydroxylation is 1. The van der Waals surface area contributed by atoms with E-state index in [4.69, 9.17) is 11.0 Å². The van der Waals surface area contributed by atoms with Crippen molar-refractivity contribution >= 4 is 39.4 Å². The van der Waals surface area contributed by atoms with Crippen molar-refractivity contribution in [1.29, 1.82) is 5.26 Å². The molecule has 1 aromatic carbocycles. The van der Waals surface area contributed by atoms with Crippen LogP contribution in [0.4, 0.5) is 10.9 Å². The van der Waals surface area contributed by atoms with Crippen LogP contribution in [0.25, 0.3) is 16.9 Å². The van der Waals surface area contributed by atoms with Crippen LogP contribution in [0.5, 0.6) is 0 Å². The number of aromatic nitrogens is 5. The molecular formula is C23H23N9O2S. The molecule has 0 bridgehead atoms. The molecule has 4 N–H and O–H groups in total. The van der Waals surface area contributed by atoms with Gasteiger partial charge in [0.05, 0.1) is 5.69 Å². The van der Waals surface area contributed by atoms with Crippen molar-refractivity contribution in [2.24, 2.45) is 0 Å². The molecule has 3 heterocycles. The minimum absolute atomic E-state index is 0.0657. The minimum atomic E-state index is -0.286. The number of anilines is 2. The smallest absolute Gasteiger partial charge is 0.335 e. The Bertz CT molecular complexity index is 1490. The number of carbonyl (C=O) groups excluding carboxylic acids is 1. The molecule has 5 rings (SSSR count). The van der Waals surface area contributed by atoms with Gasteiger partial charge in [-0.2, -0.15) is 5.26 Å². The van der Waals surface area contributed by atoms with E-state index in [2.05, 4.69) is 25.6 Å². The number of rotatable bonds is 5. The number of benzene rings is 1. The van der Waals surface area contributed by atoms with Gasteiger partial charge in [-0.1, -0.05) is 0 Å². The number of carbonyl (C=O) groups is 1. The second-order valence-corrected chi connectivity index (χ2v) is 9.69. The second kappa shape index (κ2) is 9.19. The van der Waals surface area contributed by atoms with E-state index in [9.17, 15) is 9.59 Å². The van der Waals surface area contributed by atoms with E-state index in [0.717, 1.165) is 30.6 Å². The molecule has 3 aromatic heterocycles. The lowest BCUT2D eigenvalue weighted by atomic mass is 9.91. The van der Waals surface area contributed by atoms with Gasteiger partial charge < -0.3 is 11.1 Å². The van der Waals surface area contributed by atoms with Crippen LogP contribution in [-0.4, -0.2) is 36.0 Å². The predicted octanol–water partition coefficient (Wildman–Crippen LogP) is 2.74. The fourth-order valence-electron chi connectivity index (χ4n) is 4.55. The number of hydrogen-bond acceptors (Lipinski definition) is 9. The van der Waals surface area contributed by atoms with Crippen LogP contribution in [-0.2, 0) is 0 Å². The zero-order valence-corrected chi connectivity index (χ0v) is 19.7. The van der Waals surface area contributed by atoms with E-state index in [0.29, 0.717) is 27.5 Å². The molecule has 11 nitrogen and oxygen atoms in total. The fraction of sp³-hybridized carbons (Fsp3) is 0.304. The van der Waals surface area contributed by atoms with Crippen molar-refractivity contribution in [1.82, 2.24) is 29.4 Å². The lowest BCUT2D eigenvalue weighted by Gasteiger charge is -2.28. The van der Waals surface area contributed by atoms with Crippen LogP contribution < -0.4 is 22.1 Å². The van der Waals surface area contributed by atoms with Gasteiger partial charge in [0.2, 0.25) is 0 Å². The molecule has 4 aromatic rings. The number of nitrogens with zero attached hydrogens (tertiary/aromatic N) is 6. The van der Waals surface area contributed by atoms with Crippen LogP contribution in [0.1, 0.15) is 47.0 Å². The SMILES string of the molecule is Cc1cnc(NC(=O)c2ccc(-n3c(=O)n(C4CCC(NC#N)CC4)c4ncnc(N)c43)cc2)s1. The monoisotopic (exact) mass is 489 g/mol. The van der Waals surface area contributed by atoms with E-state index >= 15 is 0 Å². The number of hydrogen-bond donors (Lipinski definition) is 3. The Morgan fingerprint density at radius 1 is 1.17 bits per heavy atom. The molecule has 1 amide bonds. The lowest BCUT2D eigenvalue weighted by molar-refractivity contribution is 0.102. The number of amides is 1. The van der Waals surface area contributed by atoms with Gasteiger partial charge in [0, 0.05) is 28.7 Å². The molecule has 1 fully saturated rings. The van der Waals surface area contributed by atoms with E-state index in [1.165, 1.54) is 22.2 Å². The van der Waals surface area contributed by atoms with Gasteiger partial charge in [-0.25, -0.2) is 19.7 Å². The minimum Gasteiger partial charge on any atom is -0.382 e. The molecule has 0 unspecified atom stereocenters. The molecule has 0 radical (unpaired) electrons. The first-order valence-electron chi connectivity index (χ1n) is 11.2. The maximum atomic E-state index is 13.7. The third-order valence-electron chi connectivity index (χ3n) is 6.24. The van der Waals surface area contributed by atoms with Gasteiger partial charge in [-0.15, -0.1) is 11.3 Å². The highest BCUT2D eigenvalue weighted by Crippen LogP contribution is 2.31. The average Bonchev–Trinajstić information content (AvgIpc) is 3.40. The lowest BCUT2D eigenvalue weighted by Crippen LogP contribution is -2.34. The number of nitrogens with one attached hydrogen (secondary N) is 2. The first-order chi connectivity index (χ1) is 17.0. The van der Waals surface area contributed by atoms with Crippen molar-refractivity contribution in [2.75, 3.05) is 11.1 Å². The van der Waals surface area contributed by atoms with Crippen molar-refractivity contribution in [3.05, 3.63) is 57.7 Å². The summed E-state index contributed by atoms with van der Waals surface area (Å²) in [5.41, 5.74) is 7.83. The largest absolute Gasteiger partial charge is 0.382 e. The summed E-state index contributed by atoms with van der Waals surface area (Å²) < 4.78 is 3.18. The molecular weight excluding hydrogens is 466 g/mol. The number of nitrogens with two attached hydrogens (primary N) is 1. The summed E-state index contributed by atoms with van der Waals surface area (Å²) in [5, 5.41) is 15.0. The van der Waals surface area contributed by atoms with Crippen molar-refractivity contribution < 1.29 is 4.79 Å². The highest BCUT2D eigenvalue weighted by molar-refractivity contribution is 7.15. The normalized spacial score (nSPS) is 17.7.